The zero-order valence-electron chi connectivity index (χ0n) is 15.7. The molecule has 0 aliphatic carbocycles. The first-order valence-corrected chi connectivity index (χ1v) is 8.86. The van der Waals surface area contributed by atoms with Crippen molar-refractivity contribution in [2.24, 2.45) is 0 Å². The Bertz CT molecular complexity index is 838. The third-order valence-electron chi connectivity index (χ3n) is 4.42. The van der Waals surface area contributed by atoms with E-state index in [1.54, 1.807) is 23.4 Å². The van der Waals surface area contributed by atoms with Crippen molar-refractivity contribution in [2.75, 3.05) is 16.8 Å². The molecule has 1 aromatic heterocycles. The molecule has 0 bridgehead atoms. The van der Waals surface area contributed by atoms with Gasteiger partial charge in [0.15, 0.2) is 0 Å². The number of carbonyl (C=O) groups is 2. The molecule has 0 fully saturated rings. The monoisotopic (exact) mass is 352 g/mol. The highest BCUT2D eigenvalue weighted by atomic mass is 16.2. The van der Waals surface area contributed by atoms with Crippen LogP contribution in [0.1, 0.15) is 55.9 Å². The number of aromatic nitrogens is 2. The maximum Gasteiger partial charge on any atom is 0.255 e. The van der Waals surface area contributed by atoms with Crippen LogP contribution in [0.3, 0.4) is 0 Å². The van der Waals surface area contributed by atoms with E-state index in [9.17, 15) is 9.59 Å². The minimum Gasteiger partial charge on any atom is -0.319 e. The van der Waals surface area contributed by atoms with E-state index < -0.39 is 0 Å². The lowest BCUT2D eigenvalue weighted by Gasteiger charge is -2.17. The summed E-state index contributed by atoms with van der Waals surface area (Å²) in [7, 11) is 0. The van der Waals surface area contributed by atoms with Gasteiger partial charge in [0.25, 0.3) is 5.91 Å². The van der Waals surface area contributed by atoms with E-state index in [1.807, 2.05) is 39.8 Å². The Balaban J connectivity index is 1.74. The van der Waals surface area contributed by atoms with E-state index in [1.165, 1.54) is 0 Å². The van der Waals surface area contributed by atoms with E-state index in [0.717, 1.165) is 23.5 Å². The van der Waals surface area contributed by atoms with Crippen LogP contribution < -0.4 is 10.2 Å². The topological polar surface area (TPSA) is 75.2 Å². The fourth-order valence-corrected chi connectivity index (χ4v) is 2.98. The summed E-state index contributed by atoms with van der Waals surface area (Å²) in [4.78, 5) is 34.9. The summed E-state index contributed by atoms with van der Waals surface area (Å²) in [5.41, 5.74) is 2.93. The molecular weight excluding hydrogens is 328 g/mol. The molecule has 0 spiro atoms. The molecule has 2 amide bonds. The molecule has 136 valence electrons. The zero-order valence-corrected chi connectivity index (χ0v) is 15.7. The average Bonchev–Trinajstić information content (AvgIpc) is 3.04. The Hall–Kier alpha value is -2.76. The molecule has 0 saturated heterocycles. The van der Waals surface area contributed by atoms with Gasteiger partial charge in [-0.2, -0.15) is 0 Å². The van der Waals surface area contributed by atoms with E-state index in [4.69, 9.17) is 0 Å². The van der Waals surface area contributed by atoms with Crippen molar-refractivity contribution in [1.29, 1.82) is 0 Å². The molecule has 1 aliphatic heterocycles. The lowest BCUT2D eigenvalue weighted by Crippen LogP contribution is -2.27. The highest BCUT2D eigenvalue weighted by molar-refractivity contribution is 6.05. The lowest BCUT2D eigenvalue weighted by molar-refractivity contribution is -0.118. The van der Waals surface area contributed by atoms with Gasteiger partial charge < -0.3 is 10.2 Å². The first kappa shape index (κ1) is 18.0. The van der Waals surface area contributed by atoms with Crippen LogP contribution in [-0.4, -0.2) is 28.3 Å². The highest BCUT2D eigenvalue weighted by Crippen LogP contribution is 2.29. The van der Waals surface area contributed by atoms with Crippen molar-refractivity contribution >= 4 is 23.2 Å². The van der Waals surface area contributed by atoms with Gasteiger partial charge in [-0.15, -0.1) is 0 Å². The second kappa shape index (κ2) is 6.86. The quantitative estimate of drug-likeness (QED) is 0.919. The van der Waals surface area contributed by atoms with Crippen LogP contribution in [0.15, 0.2) is 30.6 Å². The molecule has 2 heterocycles. The average molecular weight is 352 g/mol. The van der Waals surface area contributed by atoms with Crippen molar-refractivity contribution < 1.29 is 9.59 Å². The van der Waals surface area contributed by atoms with Gasteiger partial charge in [-0.05, 0) is 30.2 Å². The Morgan fingerprint density at radius 3 is 2.50 bits per heavy atom. The Morgan fingerprint density at radius 2 is 1.88 bits per heavy atom. The molecule has 0 saturated carbocycles. The number of fused-ring (bicyclic) bond motifs is 1. The molecule has 1 aromatic carbocycles. The molecule has 6 heteroatoms. The second-order valence-corrected chi connectivity index (χ2v) is 7.49. The molecule has 26 heavy (non-hydrogen) atoms. The van der Waals surface area contributed by atoms with Crippen molar-refractivity contribution in [1.82, 2.24) is 9.97 Å². The Labute approximate surface area is 153 Å². The van der Waals surface area contributed by atoms with Gasteiger partial charge in [-0.25, -0.2) is 9.97 Å². The van der Waals surface area contributed by atoms with Crippen molar-refractivity contribution in [3.63, 3.8) is 0 Å². The third-order valence-corrected chi connectivity index (χ3v) is 4.42. The van der Waals surface area contributed by atoms with Gasteiger partial charge in [0.1, 0.15) is 5.82 Å². The largest absolute Gasteiger partial charge is 0.319 e. The van der Waals surface area contributed by atoms with E-state index in [-0.39, 0.29) is 17.2 Å². The maximum atomic E-state index is 12.5. The van der Waals surface area contributed by atoms with Crippen molar-refractivity contribution in [3.8, 4) is 0 Å². The summed E-state index contributed by atoms with van der Waals surface area (Å²) in [6.07, 6.45) is 4.50. The van der Waals surface area contributed by atoms with Crippen LogP contribution in [-0.2, 0) is 16.6 Å². The zero-order chi connectivity index (χ0) is 18.9. The number of benzene rings is 1. The van der Waals surface area contributed by atoms with Crippen molar-refractivity contribution in [2.45, 2.75) is 46.0 Å². The van der Waals surface area contributed by atoms with Crippen molar-refractivity contribution in [3.05, 3.63) is 47.5 Å². The number of hydrogen-bond acceptors (Lipinski definition) is 4. The summed E-state index contributed by atoms with van der Waals surface area (Å²) < 4.78 is 0. The van der Waals surface area contributed by atoms with Crippen LogP contribution in [0.5, 0.6) is 0 Å². The van der Waals surface area contributed by atoms with Crippen LogP contribution >= 0.6 is 0 Å². The fourth-order valence-electron chi connectivity index (χ4n) is 2.98. The summed E-state index contributed by atoms with van der Waals surface area (Å²) in [6.45, 7) is 8.65. The standard InChI is InChI=1S/C20H24N4O2/c1-5-17(25)24-9-8-13-10-14(6-7-16(13)24)18(26)23-15-11-21-19(22-12-15)20(2,3)4/h6-7,10-12H,5,8-9H2,1-4H3,(H,23,26). The van der Waals surface area contributed by atoms with Gasteiger partial charge >= 0.3 is 0 Å². The van der Waals surface area contributed by atoms with Gasteiger partial charge in [-0.3, -0.25) is 9.59 Å². The molecule has 1 aliphatic rings. The molecule has 3 rings (SSSR count). The van der Waals surface area contributed by atoms with E-state index in [0.29, 0.717) is 24.2 Å². The van der Waals surface area contributed by atoms with Gasteiger partial charge in [0.05, 0.1) is 18.1 Å². The van der Waals surface area contributed by atoms with Gasteiger partial charge in [0, 0.05) is 29.6 Å². The number of nitrogens with one attached hydrogen (secondary N) is 1. The smallest absolute Gasteiger partial charge is 0.255 e. The SMILES string of the molecule is CCC(=O)N1CCc2cc(C(=O)Nc3cnc(C(C)(C)C)nc3)ccc21. The molecule has 2 aromatic rings. The number of hydrogen-bond donors (Lipinski definition) is 1. The normalized spacial score (nSPS) is 13.5. The fraction of sp³-hybridized carbons (Fsp3) is 0.400. The first-order chi connectivity index (χ1) is 12.3. The minimum atomic E-state index is -0.208. The minimum absolute atomic E-state index is 0.108. The Morgan fingerprint density at radius 1 is 1.19 bits per heavy atom. The summed E-state index contributed by atoms with van der Waals surface area (Å²) in [5.74, 6) is 0.630. The first-order valence-electron chi connectivity index (χ1n) is 8.86. The van der Waals surface area contributed by atoms with E-state index in [2.05, 4.69) is 15.3 Å². The number of rotatable bonds is 3. The lowest BCUT2D eigenvalue weighted by atomic mass is 9.96. The maximum absolute atomic E-state index is 12.5. The molecule has 6 nitrogen and oxygen atoms in total. The number of carbonyl (C=O) groups excluding carboxylic acids is 2. The third kappa shape index (κ3) is 3.59. The Kier molecular flexibility index (Phi) is 4.76. The van der Waals surface area contributed by atoms with Crippen LogP contribution in [0.2, 0.25) is 0 Å². The molecule has 1 N–H and O–H groups in total. The molecule has 0 radical (unpaired) electrons. The molecular formula is C20H24N4O2. The second-order valence-electron chi connectivity index (χ2n) is 7.49. The van der Waals surface area contributed by atoms with Gasteiger partial charge in [-0.1, -0.05) is 27.7 Å². The summed E-state index contributed by atoms with van der Waals surface area (Å²) in [6, 6.07) is 5.46. The predicted molar refractivity (Wildman–Crippen MR) is 101 cm³/mol. The van der Waals surface area contributed by atoms with Crippen LogP contribution in [0, 0.1) is 0 Å². The van der Waals surface area contributed by atoms with E-state index >= 15 is 0 Å². The number of anilines is 2. The van der Waals surface area contributed by atoms with Gasteiger partial charge in [0.2, 0.25) is 5.91 Å². The number of amides is 2. The summed E-state index contributed by atoms with van der Waals surface area (Å²) >= 11 is 0. The van der Waals surface area contributed by atoms with Crippen LogP contribution in [0.4, 0.5) is 11.4 Å². The summed E-state index contributed by atoms with van der Waals surface area (Å²) in [5, 5.41) is 2.83. The molecule has 0 atom stereocenters. The molecule has 0 unspecified atom stereocenters. The van der Waals surface area contributed by atoms with Crippen LogP contribution in [0.25, 0.3) is 0 Å². The predicted octanol–water partition coefficient (Wildman–Crippen LogP) is 3.33. The number of nitrogens with zero attached hydrogens (tertiary/aromatic N) is 3. The highest BCUT2D eigenvalue weighted by Gasteiger charge is 2.24.